The van der Waals surface area contributed by atoms with Gasteiger partial charge in [-0.2, -0.15) is 23.3 Å². The SMILES string of the molecule is CC1[C-]=C([Si](C)(C)C2=[C-]C(C)C=C2C(C)(C)C)C(C(C)(C)C)=C1.Cc1ccc(O)c(C(C)(C)C)c1.Cc1ccc(O)c(C(C)(C)C)c1.[Zr+2]. The van der Waals surface area contributed by atoms with Gasteiger partial charge < -0.3 is 10.2 Å². The summed E-state index contributed by atoms with van der Waals surface area (Å²) in [5.74, 6) is 1.67. The Bertz CT molecular complexity index is 1420. The number of aryl methyl sites for hydroxylation is 2. The fourth-order valence-corrected chi connectivity index (χ4v) is 9.96. The smallest absolute Gasteiger partial charge is 0.508 e. The Labute approximate surface area is 316 Å². The van der Waals surface area contributed by atoms with Crippen molar-refractivity contribution in [1.29, 1.82) is 0 Å². The standard InChI is InChI=1S/C22H34Si.2C11H16O.Zr/c1-15-11-17(21(3,4)5)19(13-15)23(9,10)20-14-16(2)12-18(20)22(6,7)8;2*1-8-5-6-10(12)9(7-8)11(2,3)4;/h11-12,15-16H,1-10H3;2*5-7,12H,1-4H3;/q-2;;;+2. The molecule has 0 fully saturated rings. The molecule has 2 nitrogen and oxygen atoms in total. The number of hydrogen-bond donors (Lipinski definition) is 2. The van der Waals surface area contributed by atoms with Crippen molar-refractivity contribution in [3.63, 3.8) is 0 Å². The van der Waals surface area contributed by atoms with Crippen LogP contribution in [0.25, 0.3) is 0 Å². The quantitative estimate of drug-likeness (QED) is 0.237. The summed E-state index contributed by atoms with van der Waals surface area (Å²) in [7, 11) is -1.79. The van der Waals surface area contributed by atoms with Gasteiger partial charge in [-0.3, -0.25) is 12.2 Å². The molecule has 0 bridgehead atoms. The van der Waals surface area contributed by atoms with E-state index in [1.54, 1.807) is 12.1 Å². The molecular weight excluding hydrogens is 680 g/mol. The van der Waals surface area contributed by atoms with Crippen LogP contribution < -0.4 is 0 Å². The van der Waals surface area contributed by atoms with E-state index in [4.69, 9.17) is 0 Å². The van der Waals surface area contributed by atoms with E-state index in [0.717, 1.165) is 11.1 Å². The maximum atomic E-state index is 9.57. The first-order chi connectivity index (χ1) is 21.1. The minimum absolute atomic E-state index is 0. The average molecular weight is 746 g/mol. The maximum Gasteiger partial charge on any atom is 2.00 e. The molecule has 2 aliphatic carbocycles. The molecule has 0 radical (unpaired) electrons. The summed E-state index contributed by atoms with van der Waals surface area (Å²) in [5, 5.41) is 22.2. The van der Waals surface area contributed by atoms with Crippen LogP contribution in [0.2, 0.25) is 13.1 Å². The van der Waals surface area contributed by atoms with Crippen LogP contribution >= 0.6 is 0 Å². The number of allylic oxidation sites excluding steroid dienone is 8. The van der Waals surface area contributed by atoms with E-state index in [9.17, 15) is 10.2 Å². The first kappa shape index (κ1) is 44.1. The zero-order chi connectivity index (χ0) is 36.5. The molecule has 0 heterocycles. The van der Waals surface area contributed by atoms with E-state index < -0.39 is 8.07 Å². The molecule has 2 atom stereocenters. The molecule has 0 aliphatic heterocycles. The van der Waals surface area contributed by atoms with Gasteiger partial charge in [0.05, 0.1) is 0 Å². The van der Waals surface area contributed by atoms with Gasteiger partial charge in [0, 0.05) is 8.07 Å². The third-order valence-electron chi connectivity index (χ3n) is 8.90. The molecule has 4 heteroatoms. The Balaban J connectivity index is 0.000000390. The molecule has 262 valence electrons. The molecule has 0 spiro atoms. The Morgan fingerprint density at radius 3 is 1.06 bits per heavy atom. The van der Waals surface area contributed by atoms with E-state index in [2.05, 4.69) is 134 Å². The largest absolute Gasteiger partial charge is 2.00 e. The van der Waals surface area contributed by atoms with Crippen molar-refractivity contribution in [2.75, 3.05) is 0 Å². The number of phenols is 2. The van der Waals surface area contributed by atoms with Crippen molar-refractivity contribution in [3.05, 3.63) is 104 Å². The zero-order valence-corrected chi connectivity index (χ0v) is 37.1. The Morgan fingerprint density at radius 1 is 0.542 bits per heavy atom. The molecule has 0 saturated carbocycles. The summed E-state index contributed by atoms with van der Waals surface area (Å²) in [4.78, 5) is 0. The molecule has 4 rings (SSSR count). The molecule has 48 heavy (non-hydrogen) atoms. The van der Waals surface area contributed by atoms with Gasteiger partial charge in [-0.1, -0.05) is 168 Å². The monoisotopic (exact) mass is 744 g/mol. The van der Waals surface area contributed by atoms with Crippen molar-refractivity contribution < 1.29 is 36.4 Å². The van der Waals surface area contributed by atoms with Crippen LogP contribution in [-0.4, -0.2) is 18.3 Å². The maximum absolute atomic E-state index is 9.57. The van der Waals surface area contributed by atoms with Gasteiger partial charge in [-0.25, -0.2) is 10.4 Å². The molecule has 0 amide bonds. The van der Waals surface area contributed by atoms with Crippen LogP contribution in [0.1, 0.15) is 119 Å². The van der Waals surface area contributed by atoms with E-state index in [-0.39, 0.29) is 47.9 Å². The summed E-state index contributed by atoms with van der Waals surface area (Å²) in [6.45, 7) is 40.2. The van der Waals surface area contributed by atoms with E-state index in [1.165, 1.54) is 32.7 Å². The van der Waals surface area contributed by atoms with E-state index in [0.29, 0.717) is 23.3 Å². The Kier molecular flexibility index (Phi) is 14.7. The number of benzene rings is 2. The van der Waals surface area contributed by atoms with Crippen LogP contribution in [0.4, 0.5) is 0 Å². The Hall–Kier alpha value is -1.90. The fraction of sp³-hybridized carbons (Fsp3) is 0.545. The van der Waals surface area contributed by atoms with Gasteiger partial charge in [0.2, 0.25) is 0 Å². The van der Waals surface area contributed by atoms with Crippen LogP contribution in [0.15, 0.2) is 70.1 Å². The van der Waals surface area contributed by atoms with Gasteiger partial charge in [0.25, 0.3) is 0 Å². The third-order valence-corrected chi connectivity index (χ3v) is 12.2. The first-order valence-corrected chi connectivity index (χ1v) is 20.4. The molecule has 2 aromatic rings. The minimum atomic E-state index is -1.79. The summed E-state index contributed by atoms with van der Waals surface area (Å²) in [5.41, 5.74) is 7.88. The third kappa shape index (κ3) is 11.6. The molecule has 0 aromatic heterocycles. The fourth-order valence-electron chi connectivity index (χ4n) is 6.27. The zero-order valence-electron chi connectivity index (χ0n) is 33.7. The average Bonchev–Trinajstić information content (AvgIpc) is 3.50. The van der Waals surface area contributed by atoms with Crippen molar-refractivity contribution in [2.45, 2.75) is 135 Å². The number of rotatable bonds is 2. The summed E-state index contributed by atoms with van der Waals surface area (Å²) in [6.07, 6.45) is 12.5. The second-order valence-electron chi connectivity index (χ2n) is 18.4. The van der Waals surface area contributed by atoms with Crippen molar-refractivity contribution >= 4 is 8.07 Å². The summed E-state index contributed by atoms with van der Waals surface area (Å²) in [6, 6.07) is 11.4. The van der Waals surface area contributed by atoms with Gasteiger partial charge in [-0.05, 0) is 47.9 Å². The van der Waals surface area contributed by atoms with Crippen LogP contribution in [-0.2, 0) is 37.0 Å². The van der Waals surface area contributed by atoms with Gasteiger partial charge in [0.1, 0.15) is 11.5 Å². The second kappa shape index (κ2) is 16.0. The van der Waals surface area contributed by atoms with Crippen LogP contribution in [0, 0.1) is 48.7 Å². The molecular formula is C44H66O2SiZr. The van der Waals surface area contributed by atoms with Gasteiger partial charge >= 0.3 is 26.2 Å². The van der Waals surface area contributed by atoms with E-state index >= 15 is 0 Å². The number of phenolic OH excluding ortho intramolecular Hbond substituents is 2. The molecule has 2 aromatic carbocycles. The Morgan fingerprint density at radius 2 is 0.833 bits per heavy atom. The van der Waals surface area contributed by atoms with Crippen molar-refractivity contribution in [2.24, 2.45) is 22.7 Å². The van der Waals surface area contributed by atoms with Gasteiger partial charge in [-0.15, -0.1) is 0 Å². The van der Waals surface area contributed by atoms with Crippen LogP contribution in [0.3, 0.4) is 0 Å². The van der Waals surface area contributed by atoms with E-state index in [1.807, 2.05) is 38.1 Å². The second-order valence-corrected chi connectivity index (χ2v) is 22.7. The predicted molar refractivity (Wildman–Crippen MR) is 207 cm³/mol. The normalized spacial score (nSPS) is 18.3. The number of hydrogen-bond acceptors (Lipinski definition) is 2. The molecule has 2 unspecified atom stereocenters. The minimum Gasteiger partial charge on any atom is -0.508 e. The van der Waals surface area contributed by atoms with Gasteiger partial charge in [0.15, 0.2) is 0 Å². The first-order valence-electron chi connectivity index (χ1n) is 17.4. The predicted octanol–water partition coefficient (Wildman–Crippen LogP) is 12.5. The molecule has 2 aliphatic rings. The summed E-state index contributed by atoms with van der Waals surface area (Å²) < 4.78 is 0. The van der Waals surface area contributed by atoms with Crippen molar-refractivity contribution in [1.82, 2.24) is 0 Å². The topological polar surface area (TPSA) is 40.5 Å². The number of aromatic hydroxyl groups is 2. The van der Waals surface area contributed by atoms with Crippen molar-refractivity contribution in [3.8, 4) is 11.5 Å². The molecule has 0 saturated heterocycles. The van der Waals surface area contributed by atoms with Crippen LogP contribution in [0.5, 0.6) is 11.5 Å². The summed E-state index contributed by atoms with van der Waals surface area (Å²) >= 11 is 0. The molecule has 2 N–H and O–H groups in total.